The van der Waals surface area contributed by atoms with E-state index in [1.807, 2.05) is 0 Å². The third-order valence-electron chi connectivity index (χ3n) is 4.76. The summed E-state index contributed by atoms with van der Waals surface area (Å²) in [5.74, 6) is 0.439. The molecule has 1 saturated heterocycles. The van der Waals surface area contributed by atoms with Crippen molar-refractivity contribution in [2.45, 2.75) is 50.4 Å². The summed E-state index contributed by atoms with van der Waals surface area (Å²) in [4.78, 5) is 0. The second-order valence-electron chi connectivity index (χ2n) is 6.09. The van der Waals surface area contributed by atoms with E-state index < -0.39 is 11.7 Å². The molecule has 0 radical (unpaired) electrons. The maximum absolute atomic E-state index is 13.1. The summed E-state index contributed by atoms with van der Waals surface area (Å²) in [6.45, 7) is 1.03. The topological polar surface area (TPSA) is 24.1 Å². The third-order valence-corrected chi connectivity index (χ3v) is 4.76. The Morgan fingerprint density at radius 2 is 1.86 bits per heavy atom. The number of nitrogens with one attached hydrogen (secondary N) is 2. The number of rotatable bonds is 3. The molecule has 0 amide bonds. The summed E-state index contributed by atoms with van der Waals surface area (Å²) in [5.41, 5.74) is -0.338. The Kier molecular flexibility index (Phi) is 4.11. The highest BCUT2D eigenvalue weighted by molar-refractivity contribution is 5.53. The largest absolute Gasteiger partial charge is 0.418 e. The smallest absolute Gasteiger partial charge is 0.381 e. The van der Waals surface area contributed by atoms with Crippen molar-refractivity contribution in [3.8, 4) is 0 Å². The Morgan fingerprint density at radius 3 is 2.57 bits per heavy atom. The second kappa shape index (κ2) is 5.87. The van der Waals surface area contributed by atoms with E-state index in [-0.39, 0.29) is 11.7 Å². The molecule has 2 N–H and O–H groups in total. The molecular weight excluding hydrogens is 277 g/mol. The highest BCUT2D eigenvalue weighted by Gasteiger charge is 2.37. The van der Waals surface area contributed by atoms with Crippen LogP contribution in [0, 0.1) is 5.92 Å². The normalized spacial score (nSPS) is 29.8. The lowest BCUT2D eigenvalue weighted by molar-refractivity contribution is -0.137. The van der Waals surface area contributed by atoms with Crippen LogP contribution in [-0.4, -0.2) is 18.6 Å². The highest BCUT2D eigenvalue weighted by atomic mass is 19.4. The second-order valence-corrected chi connectivity index (χ2v) is 6.09. The van der Waals surface area contributed by atoms with Gasteiger partial charge < -0.3 is 10.6 Å². The lowest BCUT2D eigenvalue weighted by Gasteiger charge is -2.28. The van der Waals surface area contributed by atoms with Crippen LogP contribution in [0.5, 0.6) is 0 Å². The van der Waals surface area contributed by atoms with Gasteiger partial charge in [0.05, 0.1) is 5.56 Å². The maximum Gasteiger partial charge on any atom is 0.418 e. The number of anilines is 1. The first-order valence-corrected chi connectivity index (χ1v) is 7.72. The van der Waals surface area contributed by atoms with Crippen LogP contribution in [0.15, 0.2) is 24.3 Å². The van der Waals surface area contributed by atoms with Crippen molar-refractivity contribution in [1.29, 1.82) is 0 Å². The Balaban J connectivity index is 1.77. The van der Waals surface area contributed by atoms with Gasteiger partial charge in [0.15, 0.2) is 0 Å². The lowest BCUT2D eigenvalue weighted by atomic mass is 9.92. The predicted molar refractivity (Wildman–Crippen MR) is 77.2 cm³/mol. The van der Waals surface area contributed by atoms with Gasteiger partial charge in [-0.05, 0) is 50.3 Å². The van der Waals surface area contributed by atoms with Gasteiger partial charge in [-0.3, -0.25) is 0 Å². The quantitative estimate of drug-likeness (QED) is 0.880. The van der Waals surface area contributed by atoms with Crippen molar-refractivity contribution in [1.82, 2.24) is 5.32 Å². The SMILES string of the molecule is FC(F)(F)c1ccccc1NC1CCCC1C1CCCN1. The van der Waals surface area contributed by atoms with Crippen LogP contribution in [-0.2, 0) is 6.18 Å². The number of halogens is 3. The first-order chi connectivity index (χ1) is 10.1. The van der Waals surface area contributed by atoms with Crippen molar-refractivity contribution in [2.75, 3.05) is 11.9 Å². The monoisotopic (exact) mass is 298 g/mol. The van der Waals surface area contributed by atoms with Crippen LogP contribution < -0.4 is 10.6 Å². The predicted octanol–water partition coefficient (Wildman–Crippen LogP) is 4.04. The minimum absolute atomic E-state index is 0.143. The van der Waals surface area contributed by atoms with Crippen LogP contribution in [0.3, 0.4) is 0 Å². The molecule has 3 rings (SSSR count). The van der Waals surface area contributed by atoms with Crippen molar-refractivity contribution >= 4 is 5.69 Å². The molecule has 1 aromatic rings. The molecule has 1 aromatic carbocycles. The number of benzene rings is 1. The van der Waals surface area contributed by atoms with E-state index >= 15 is 0 Å². The molecule has 0 bridgehead atoms. The molecule has 2 fully saturated rings. The van der Waals surface area contributed by atoms with Crippen molar-refractivity contribution in [3.05, 3.63) is 29.8 Å². The van der Waals surface area contributed by atoms with Gasteiger partial charge in [-0.25, -0.2) is 0 Å². The summed E-state index contributed by atoms with van der Waals surface area (Å²) in [6.07, 6.45) is 1.16. The zero-order valence-electron chi connectivity index (χ0n) is 11.9. The van der Waals surface area contributed by atoms with Gasteiger partial charge >= 0.3 is 6.18 Å². The molecule has 1 aliphatic carbocycles. The standard InChI is InChI=1S/C16H21F3N2/c17-16(18,19)12-6-1-2-7-15(12)21-14-8-3-5-11(14)13-9-4-10-20-13/h1-2,6-7,11,13-14,20-21H,3-5,8-10H2. The summed E-state index contributed by atoms with van der Waals surface area (Å²) in [7, 11) is 0. The zero-order chi connectivity index (χ0) is 14.9. The van der Waals surface area contributed by atoms with Crippen LogP contribution in [0.1, 0.15) is 37.7 Å². The molecule has 1 heterocycles. The van der Waals surface area contributed by atoms with E-state index in [1.165, 1.54) is 12.5 Å². The molecule has 21 heavy (non-hydrogen) atoms. The molecule has 3 atom stereocenters. The number of alkyl halides is 3. The van der Waals surface area contributed by atoms with Gasteiger partial charge in [0.2, 0.25) is 0 Å². The van der Waals surface area contributed by atoms with Gasteiger partial charge in [0, 0.05) is 17.8 Å². The van der Waals surface area contributed by atoms with Crippen molar-refractivity contribution in [3.63, 3.8) is 0 Å². The molecule has 5 heteroatoms. The van der Waals surface area contributed by atoms with Gasteiger partial charge in [0.1, 0.15) is 0 Å². The Morgan fingerprint density at radius 1 is 1.05 bits per heavy atom. The lowest BCUT2D eigenvalue weighted by Crippen LogP contribution is -2.38. The molecule has 0 spiro atoms. The van der Waals surface area contributed by atoms with Gasteiger partial charge in [-0.1, -0.05) is 18.6 Å². The van der Waals surface area contributed by atoms with Crippen molar-refractivity contribution in [2.24, 2.45) is 5.92 Å². The Bertz CT molecular complexity index is 481. The van der Waals surface area contributed by atoms with Crippen LogP contribution >= 0.6 is 0 Å². The van der Waals surface area contributed by atoms with Gasteiger partial charge in [0.25, 0.3) is 0 Å². The highest BCUT2D eigenvalue weighted by Crippen LogP contribution is 2.38. The fraction of sp³-hybridized carbons (Fsp3) is 0.625. The van der Waals surface area contributed by atoms with E-state index in [0.29, 0.717) is 12.0 Å². The summed E-state index contributed by atoms with van der Waals surface area (Å²) in [6, 6.07) is 6.40. The van der Waals surface area contributed by atoms with E-state index in [1.54, 1.807) is 12.1 Å². The Labute approximate surface area is 123 Å². The van der Waals surface area contributed by atoms with E-state index in [0.717, 1.165) is 38.3 Å². The molecule has 2 nitrogen and oxygen atoms in total. The first-order valence-electron chi connectivity index (χ1n) is 7.72. The number of para-hydroxylation sites is 1. The van der Waals surface area contributed by atoms with Crippen molar-refractivity contribution < 1.29 is 13.2 Å². The maximum atomic E-state index is 13.1. The minimum atomic E-state index is -4.30. The summed E-state index contributed by atoms with van der Waals surface area (Å²) >= 11 is 0. The fourth-order valence-corrected chi connectivity index (χ4v) is 3.78. The molecule has 0 aromatic heterocycles. The molecule has 3 unspecified atom stereocenters. The molecule has 116 valence electrons. The average molecular weight is 298 g/mol. The van der Waals surface area contributed by atoms with Crippen LogP contribution in [0.4, 0.5) is 18.9 Å². The van der Waals surface area contributed by atoms with Crippen LogP contribution in [0.25, 0.3) is 0 Å². The van der Waals surface area contributed by atoms with Gasteiger partial charge in [-0.15, -0.1) is 0 Å². The molecular formula is C16H21F3N2. The van der Waals surface area contributed by atoms with E-state index in [9.17, 15) is 13.2 Å². The zero-order valence-corrected chi connectivity index (χ0v) is 11.9. The molecule has 2 aliphatic rings. The molecule has 1 saturated carbocycles. The first kappa shape index (κ1) is 14.7. The van der Waals surface area contributed by atoms with Gasteiger partial charge in [-0.2, -0.15) is 13.2 Å². The average Bonchev–Trinajstić information content (AvgIpc) is 3.08. The van der Waals surface area contributed by atoms with Crippen LogP contribution in [0.2, 0.25) is 0 Å². The Hall–Kier alpha value is -1.23. The minimum Gasteiger partial charge on any atom is -0.381 e. The third kappa shape index (κ3) is 3.18. The molecule has 1 aliphatic heterocycles. The summed E-state index contributed by atoms with van der Waals surface area (Å²) < 4.78 is 39.2. The summed E-state index contributed by atoms with van der Waals surface area (Å²) in [5, 5.41) is 6.68. The van der Waals surface area contributed by atoms with E-state index in [4.69, 9.17) is 0 Å². The number of hydrogen-bond donors (Lipinski definition) is 2. The fourth-order valence-electron chi connectivity index (χ4n) is 3.78. The van der Waals surface area contributed by atoms with E-state index in [2.05, 4.69) is 10.6 Å². The number of hydrogen-bond acceptors (Lipinski definition) is 2.